The lowest BCUT2D eigenvalue weighted by Crippen LogP contribution is -2.20. The first kappa shape index (κ1) is 18.6. The van der Waals surface area contributed by atoms with Gasteiger partial charge < -0.3 is 14.8 Å². The number of aromatic nitrogens is 1. The summed E-state index contributed by atoms with van der Waals surface area (Å²) in [7, 11) is 0. The Morgan fingerprint density at radius 3 is 2.73 bits per heavy atom. The maximum atomic E-state index is 6.14. The topological polar surface area (TPSA) is 43.4 Å². The molecule has 4 nitrogen and oxygen atoms in total. The van der Waals surface area contributed by atoms with Crippen molar-refractivity contribution in [3.8, 4) is 11.6 Å². The van der Waals surface area contributed by atoms with Crippen LogP contribution >= 0.6 is 24.0 Å². The zero-order valence-corrected chi connectivity index (χ0v) is 14.0. The van der Waals surface area contributed by atoms with Crippen molar-refractivity contribution in [3.05, 3.63) is 53.2 Å². The second-order valence-electron chi connectivity index (χ2n) is 4.39. The Morgan fingerprint density at radius 2 is 2.05 bits per heavy atom. The fraction of sp³-hybridized carbons (Fsp3) is 0.312. The largest absolute Gasteiger partial charge is 0.492 e. The quantitative estimate of drug-likeness (QED) is 0.742. The van der Waals surface area contributed by atoms with Gasteiger partial charge in [0.2, 0.25) is 5.88 Å². The fourth-order valence-electron chi connectivity index (χ4n) is 1.82. The van der Waals surface area contributed by atoms with E-state index < -0.39 is 0 Å². The summed E-state index contributed by atoms with van der Waals surface area (Å²) >= 11 is 6.14. The first-order chi connectivity index (χ1) is 10.3. The van der Waals surface area contributed by atoms with Crippen LogP contribution in [0.15, 0.2) is 42.6 Å². The van der Waals surface area contributed by atoms with Crippen LogP contribution in [-0.4, -0.2) is 24.7 Å². The Labute approximate surface area is 142 Å². The Balaban J connectivity index is 0.00000242. The molecule has 120 valence electrons. The van der Waals surface area contributed by atoms with Gasteiger partial charge >= 0.3 is 0 Å². The van der Waals surface area contributed by atoms with Gasteiger partial charge in [-0.25, -0.2) is 4.98 Å². The number of halogens is 2. The van der Waals surface area contributed by atoms with Crippen molar-refractivity contribution in [1.82, 2.24) is 10.3 Å². The number of ether oxygens (including phenoxy) is 2. The smallest absolute Gasteiger partial charge is 0.213 e. The third kappa shape index (κ3) is 6.10. The third-order valence-electron chi connectivity index (χ3n) is 2.79. The molecular formula is C16H20Cl2N2O2. The molecule has 0 unspecified atom stereocenters. The molecule has 6 heteroatoms. The van der Waals surface area contributed by atoms with Gasteiger partial charge in [-0.15, -0.1) is 12.4 Å². The molecule has 0 radical (unpaired) electrons. The van der Waals surface area contributed by atoms with Crippen LogP contribution in [0.25, 0.3) is 0 Å². The van der Waals surface area contributed by atoms with E-state index in [4.69, 9.17) is 21.1 Å². The van der Waals surface area contributed by atoms with Crippen molar-refractivity contribution in [2.75, 3.05) is 19.8 Å². The molecule has 2 aromatic rings. The number of benzene rings is 1. The summed E-state index contributed by atoms with van der Waals surface area (Å²) in [6.07, 6.45) is 1.71. The molecule has 0 spiro atoms. The van der Waals surface area contributed by atoms with E-state index in [0.717, 1.165) is 24.4 Å². The van der Waals surface area contributed by atoms with E-state index in [1.54, 1.807) is 6.20 Å². The van der Waals surface area contributed by atoms with Crippen LogP contribution in [0.5, 0.6) is 11.6 Å². The Hall–Kier alpha value is -1.49. The minimum atomic E-state index is 0. The molecule has 22 heavy (non-hydrogen) atoms. The molecule has 0 saturated heterocycles. The molecule has 1 heterocycles. The van der Waals surface area contributed by atoms with E-state index in [1.807, 2.05) is 43.3 Å². The van der Waals surface area contributed by atoms with Gasteiger partial charge in [-0.1, -0.05) is 23.7 Å². The maximum Gasteiger partial charge on any atom is 0.213 e. The highest BCUT2D eigenvalue weighted by Crippen LogP contribution is 2.25. The highest BCUT2D eigenvalue weighted by Gasteiger charge is 2.02. The van der Waals surface area contributed by atoms with Crippen molar-refractivity contribution in [2.24, 2.45) is 0 Å². The van der Waals surface area contributed by atoms with E-state index in [0.29, 0.717) is 24.1 Å². The van der Waals surface area contributed by atoms with Crippen LogP contribution < -0.4 is 14.8 Å². The zero-order chi connectivity index (χ0) is 14.9. The Bertz CT molecular complexity index is 553. The van der Waals surface area contributed by atoms with E-state index >= 15 is 0 Å². The summed E-state index contributed by atoms with van der Waals surface area (Å²) in [5, 5.41) is 3.94. The Kier molecular flexibility index (Phi) is 8.67. The van der Waals surface area contributed by atoms with E-state index in [2.05, 4.69) is 10.3 Å². The second kappa shape index (κ2) is 10.3. The summed E-state index contributed by atoms with van der Waals surface area (Å²) in [6, 6.07) is 11.4. The molecule has 0 bridgehead atoms. The van der Waals surface area contributed by atoms with Gasteiger partial charge in [-0.2, -0.15) is 0 Å². The van der Waals surface area contributed by atoms with E-state index in [9.17, 15) is 0 Å². The van der Waals surface area contributed by atoms with Crippen LogP contribution in [0.1, 0.15) is 12.5 Å². The molecule has 1 aromatic carbocycles. The predicted octanol–water partition coefficient (Wildman–Crippen LogP) is 3.72. The number of nitrogens with zero attached hydrogens (tertiary/aromatic N) is 1. The highest BCUT2D eigenvalue weighted by molar-refractivity contribution is 6.32. The lowest BCUT2D eigenvalue weighted by atomic mass is 10.2. The number of pyridine rings is 1. The van der Waals surface area contributed by atoms with Gasteiger partial charge in [0.25, 0.3) is 0 Å². The maximum absolute atomic E-state index is 6.14. The molecule has 1 N–H and O–H groups in total. The summed E-state index contributed by atoms with van der Waals surface area (Å²) in [5.74, 6) is 1.37. The van der Waals surface area contributed by atoms with Crippen molar-refractivity contribution in [1.29, 1.82) is 0 Å². The Morgan fingerprint density at radius 1 is 1.18 bits per heavy atom. The average molecular weight is 343 g/mol. The predicted molar refractivity (Wildman–Crippen MR) is 91.3 cm³/mol. The second-order valence-corrected chi connectivity index (χ2v) is 4.80. The molecule has 0 atom stereocenters. The molecule has 2 rings (SSSR count). The highest BCUT2D eigenvalue weighted by atomic mass is 35.5. The van der Waals surface area contributed by atoms with Gasteiger partial charge in [0, 0.05) is 25.4 Å². The molecule has 0 saturated carbocycles. The summed E-state index contributed by atoms with van der Waals surface area (Å²) < 4.78 is 10.9. The molecule has 0 aliphatic carbocycles. The van der Waals surface area contributed by atoms with Crippen LogP contribution in [0, 0.1) is 0 Å². The van der Waals surface area contributed by atoms with Gasteiger partial charge in [-0.05, 0) is 30.7 Å². The van der Waals surface area contributed by atoms with Gasteiger partial charge in [0.1, 0.15) is 12.4 Å². The van der Waals surface area contributed by atoms with E-state index in [-0.39, 0.29) is 12.4 Å². The SMILES string of the molecule is CCOc1ccc(CNCCOc2ccccn2)cc1Cl.Cl. The van der Waals surface area contributed by atoms with Gasteiger partial charge in [-0.3, -0.25) is 0 Å². The summed E-state index contributed by atoms with van der Waals surface area (Å²) in [4.78, 5) is 4.09. The minimum absolute atomic E-state index is 0. The molecular weight excluding hydrogens is 323 g/mol. The van der Waals surface area contributed by atoms with Crippen molar-refractivity contribution < 1.29 is 9.47 Å². The fourth-order valence-corrected chi connectivity index (χ4v) is 2.08. The standard InChI is InChI=1S/C16H19ClN2O2.ClH/c1-2-20-15-7-6-13(11-14(15)17)12-18-9-10-21-16-5-3-4-8-19-16;/h3-8,11,18H,2,9-10,12H2,1H3;1H. The number of rotatable bonds is 8. The van der Waals surface area contributed by atoms with Gasteiger partial charge in [0.05, 0.1) is 11.6 Å². The normalized spacial score (nSPS) is 9.91. The van der Waals surface area contributed by atoms with Crippen LogP contribution in [0.4, 0.5) is 0 Å². The third-order valence-corrected chi connectivity index (χ3v) is 3.09. The van der Waals surface area contributed by atoms with E-state index in [1.165, 1.54) is 0 Å². The molecule has 1 aromatic heterocycles. The lowest BCUT2D eigenvalue weighted by molar-refractivity contribution is 0.302. The van der Waals surface area contributed by atoms with Crippen molar-refractivity contribution in [3.63, 3.8) is 0 Å². The van der Waals surface area contributed by atoms with Crippen LogP contribution in [0.2, 0.25) is 5.02 Å². The summed E-state index contributed by atoms with van der Waals surface area (Å²) in [6.45, 7) is 4.59. The molecule has 0 fully saturated rings. The molecule has 0 amide bonds. The van der Waals surface area contributed by atoms with Crippen LogP contribution in [0.3, 0.4) is 0 Å². The summed E-state index contributed by atoms with van der Waals surface area (Å²) in [5.41, 5.74) is 1.11. The van der Waals surface area contributed by atoms with Crippen molar-refractivity contribution in [2.45, 2.75) is 13.5 Å². The molecule has 0 aliphatic heterocycles. The average Bonchev–Trinajstić information content (AvgIpc) is 2.51. The van der Waals surface area contributed by atoms with Gasteiger partial charge in [0.15, 0.2) is 0 Å². The van der Waals surface area contributed by atoms with Crippen LogP contribution in [-0.2, 0) is 6.54 Å². The monoisotopic (exact) mass is 342 g/mol. The number of nitrogens with one attached hydrogen (secondary N) is 1. The minimum Gasteiger partial charge on any atom is -0.492 e. The number of hydrogen-bond donors (Lipinski definition) is 1. The first-order valence-electron chi connectivity index (χ1n) is 6.95. The first-order valence-corrected chi connectivity index (χ1v) is 7.33. The zero-order valence-electron chi connectivity index (χ0n) is 12.4. The number of hydrogen-bond acceptors (Lipinski definition) is 4. The van der Waals surface area contributed by atoms with Crippen molar-refractivity contribution >= 4 is 24.0 Å². The molecule has 0 aliphatic rings. The lowest BCUT2D eigenvalue weighted by Gasteiger charge is -2.09.